The fraction of sp³-hybridized carbons (Fsp3) is 0.105. The van der Waals surface area contributed by atoms with Crippen molar-refractivity contribution >= 4 is 90.2 Å². The number of carbonyl (C=O) groups is 2. The van der Waals surface area contributed by atoms with Crippen molar-refractivity contribution in [2.45, 2.75) is 0 Å². The maximum absolute atomic E-state index is 12.3. The van der Waals surface area contributed by atoms with E-state index < -0.39 is 11.9 Å². The molecule has 7 nitrogen and oxygen atoms in total. The van der Waals surface area contributed by atoms with Gasteiger partial charge in [0.2, 0.25) is 0 Å². The summed E-state index contributed by atoms with van der Waals surface area (Å²) in [5.74, 6) is -0.173. The Bertz CT molecular complexity index is 1110. The zero-order chi connectivity index (χ0) is 21.0. The third-order valence-electron chi connectivity index (χ3n) is 3.67. The average Bonchev–Trinajstić information content (AvgIpc) is 3.11. The van der Waals surface area contributed by atoms with Crippen LogP contribution in [-0.4, -0.2) is 31.8 Å². The van der Waals surface area contributed by atoms with E-state index in [4.69, 9.17) is 9.15 Å². The molecule has 150 valence electrons. The van der Waals surface area contributed by atoms with Gasteiger partial charge in [0.15, 0.2) is 12.4 Å². The van der Waals surface area contributed by atoms with E-state index in [-0.39, 0.29) is 12.4 Å². The molecule has 1 aromatic heterocycles. The Morgan fingerprint density at radius 2 is 2.00 bits per heavy atom. The Balaban J connectivity index is 1.65. The zero-order valence-electron chi connectivity index (χ0n) is 14.9. The van der Waals surface area contributed by atoms with Gasteiger partial charge in [-0.1, -0.05) is 15.9 Å². The van der Waals surface area contributed by atoms with E-state index in [1.54, 1.807) is 18.2 Å². The van der Waals surface area contributed by atoms with Gasteiger partial charge in [-0.05, 0) is 87.1 Å². The van der Waals surface area contributed by atoms with Crippen LogP contribution in [0.4, 0.5) is 0 Å². The fourth-order valence-corrected chi connectivity index (χ4v) is 4.67. The number of methoxy groups -OCH3 is 1. The first-order chi connectivity index (χ1) is 13.9. The highest BCUT2D eigenvalue weighted by atomic mass is 127. The van der Waals surface area contributed by atoms with Crippen LogP contribution in [0.1, 0.15) is 16.1 Å². The number of rotatable bonds is 6. The SMILES string of the molecule is COC(=O)COc1ccc(/C=N\NC(=O)c2cc3cc(Br)cc(I)c3o2)cc1I. The summed E-state index contributed by atoms with van der Waals surface area (Å²) >= 11 is 7.66. The molecule has 0 unspecified atom stereocenters. The Morgan fingerprint density at radius 1 is 1.21 bits per heavy atom. The van der Waals surface area contributed by atoms with Gasteiger partial charge in [0.25, 0.3) is 0 Å². The van der Waals surface area contributed by atoms with Gasteiger partial charge in [0.1, 0.15) is 11.3 Å². The molecule has 10 heteroatoms. The molecule has 1 heterocycles. The van der Waals surface area contributed by atoms with Crippen LogP contribution in [-0.2, 0) is 9.53 Å². The molecule has 3 rings (SSSR count). The van der Waals surface area contributed by atoms with Crippen LogP contribution < -0.4 is 10.2 Å². The van der Waals surface area contributed by atoms with E-state index in [2.05, 4.69) is 76.4 Å². The monoisotopic (exact) mass is 682 g/mol. The lowest BCUT2D eigenvalue weighted by Crippen LogP contribution is -2.16. The Morgan fingerprint density at radius 3 is 2.72 bits per heavy atom. The standard InChI is InChI=1S/C19H13BrI2N2O5/c1-27-17(25)9-28-15-3-2-10(4-13(15)21)8-23-24-19(26)16-6-11-5-12(20)7-14(22)18(11)29-16/h2-8H,9H2,1H3,(H,24,26)/b23-8-. The van der Waals surface area contributed by atoms with Crippen LogP contribution in [0.5, 0.6) is 5.75 Å². The van der Waals surface area contributed by atoms with Crippen LogP contribution >= 0.6 is 61.1 Å². The molecular formula is C19H13BrI2N2O5. The molecule has 1 amide bonds. The number of ether oxygens (including phenoxy) is 2. The van der Waals surface area contributed by atoms with Gasteiger partial charge >= 0.3 is 11.9 Å². The van der Waals surface area contributed by atoms with Crippen molar-refractivity contribution in [2.75, 3.05) is 13.7 Å². The number of furan rings is 1. The minimum absolute atomic E-state index is 0.164. The molecule has 0 atom stereocenters. The first-order valence-corrected chi connectivity index (χ1v) is 11.0. The van der Waals surface area contributed by atoms with E-state index in [0.29, 0.717) is 11.3 Å². The van der Waals surface area contributed by atoms with Gasteiger partial charge in [-0.25, -0.2) is 10.2 Å². The minimum Gasteiger partial charge on any atom is -0.481 e. The quantitative estimate of drug-likeness (QED) is 0.176. The highest BCUT2D eigenvalue weighted by Gasteiger charge is 2.14. The summed E-state index contributed by atoms with van der Waals surface area (Å²) in [5.41, 5.74) is 3.86. The molecule has 0 fully saturated rings. The maximum atomic E-state index is 12.3. The molecule has 3 aromatic rings. The molecule has 29 heavy (non-hydrogen) atoms. The van der Waals surface area contributed by atoms with Crippen LogP contribution in [0.3, 0.4) is 0 Å². The summed E-state index contributed by atoms with van der Waals surface area (Å²) in [6.07, 6.45) is 1.51. The predicted octanol–water partition coefficient (Wildman–Crippen LogP) is 4.72. The molecule has 2 aromatic carbocycles. The number of nitrogens with zero attached hydrogens (tertiary/aromatic N) is 1. The number of carbonyl (C=O) groups excluding carboxylic acids is 2. The average molecular weight is 683 g/mol. The highest BCUT2D eigenvalue weighted by Crippen LogP contribution is 2.28. The molecule has 0 spiro atoms. The summed E-state index contributed by atoms with van der Waals surface area (Å²) in [5, 5.41) is 4.80. The summed E-state index contributed by atoms with van der Waals surface area (Å²) in [6.45, 7) is -0.164. The summed E-state index contributed by atoms with van der Waals surface area (Å²) in [4.78, 5) is 23.5. The fourth-order valence-electron chi connectivity index (χ4n) is 2.32. The highest BCUT2D eigenvalue weighted by molar-refractivity contribution is 14.1. The number of benzene rings is 2. The molecule has 0 bridgehead atoms. The Kier molecular flexibility index (Phi) is 7.51. The predicted molar refractivity (Wildman–Crippen MR) is 128 cm³/mol. The second-order valence-electron chi connectivity index (χ2n) is 5.67. The van der Waals surface area contributed by atoms with Crippen molar-refractivity contribution in [3.05, 3.63) is 59.3 Å². The van der Waals surface area contributed by atoms with Gasteiger partial charge in [0.05, 0.1) is 20.5 Å². The number of halogens is 3. The topological polar surface area (TPSA) is 90.1 Å². The number of hydrogen-bond donors (Lipinski definition) is 1. The summed E-state index contributed by atoms with van der Waals surface area (Å²) in [6, 6.07) is 10.7. The second kappa shape index (κ2) is 9.89. The normalized spacial score (nSPS) is 11.0. The van der Waals surface area contributed by atoms with E-state index >= 15 is 0 Å². The molecule has 0 saturated carbocycles. The van der Waals surface area contributed by atoms with Crippen molar-refractivity contribution in [2.24, 2.45) is 5.10 Å². The number of fused-ring (bicyclic) bond motifs is 1. The van der Waals surface area contributed by atoms with Crippen LogP contribution in [0.25, 0.3) is 11.0 Å². The number of nitrogens with one attached hydrogen (secondary N) is 1. The third-order valence-corrected chi connectivity index (χ3v) is 5.77. The molecule has 0 aliphatic rings. The summed E-state index contributed by atoms with van der Waals surface area (Å²) in [7, 11) is 1.30. The first-order valence-electron chi connectivity index (χ1n) is 8.08. The summed E-state index contributed by atoms with van der Waals surface area (Å²) < 4.78 is 18.2. The molecule has 1 N–H and O–H groups in total. The molecule has 0 aliphatic carbocycles. The Hall–Kier alpha value is -1.67. The molecule has 0 aliphatic heterocycles. The van der Waals surface area contributed by atoms with Crippen molar-refractivity contribution in [1.29, 1.82) is 0 Å². The lowest BCUT2D eigenvalue weighted by atomic mass is 10.2. The lowest BCUT2D eigenvalue weighted by Gasteiger charge is -2.07. The number of hydrazone groups is 1. The van der Waals surface area contributed by atoms with Gasteiger partial charge in [-0.3, -0.25) is 4.79 Å². The number of hydrogen-bond acceptors (Lipinski definition) is 6. The zero-order valence-corrected chi connectivity index (χ0v) is 20.8. The van der Waals surface area contributed by atoms with E-state index in [1.165, 1.54) is 13.3 Å². The van der Waals surface area contributed by atoms with E-state index in [1.807, 2.05) is 18.2 Å². The van der Waals surface area contributed by atoms with Crippen molar-refractivity contribution < 1.29 is 23.5 Å². The minimum atomic E-state index is -0.457. The van der Waals surface area contributed by atoms with Crippen molar-refractivity contribution in [3.8, 4) is 5.75 Å². The van der Waals surface area contributed by atoms with Crippen LogP contribution in [0.15, 0.2) is 50.4 Å². The molecular weight excluding hydrogens is 670 g/mol. The second-order valence-corrected chi connectivity index (χ2v) is 8.91. The van der Waals surface area contributed by atoms with Crippen LogP contribution in [0.2, 0.25) is 0 Å². The molecule has 0 radical (unpaired) electrons. The van der Waals surface area contributed by atoms with E-state index in [0.717, 1.165) is 22.6 Å². The van der Waals surface area contributed by atoms with Crippen molar-refractivity contribution in [3.63, 3.8) is 0 Å². The lowest BCUT2D eigenvalue weighted by molar-refractivity contribution is -0.142. The van der Waals surface area contributed by atoms with Crippen LogP contribution in [0, 0.1) is 7.14 Å². The number of amides is 1. The van der Waals surface area contributed by atoms with Crippen molar-refractivity contribution in [1.82, 2.24) is 5.43 Å². The van der Waals surface area contributed by atoms with Gasteiger partial charge in [-0.2, -0.15) is 5.10 Å². The third kappa shape index (κ3) is 5.69. The van der Waals surface area contributed by atoms with Gasteiger partial charge in [-0.15, -0.1) is 0 Å². The van der Waals surface area contributed by atoms with Gasteiger partial charge in [0, 0.05) is 9.86 Å². The molecule has 0 saturated heterocycles. The number of esters is 1. The largest absolute Gasteiger partial charge is 0.481 e. The van der Waals surface area contributed by atoms with E-state index in [9.17, 15) is 9.59 Å². The Labute approximate surface area is 201 Å². The van der Waals surface area contributed by atoms with Gasteiger partial charge < -0.3 is 13.9 Å². The first kappa shape index (κ1) is 22.0. The maximum Gasteiger partial charge on any atom is 0.343 e. The smallest absolute Gasteiger partial charge is 0.343 e.